The van der Waals surface area contributed by atoms with E-state index in [2.05, 4.69) is 67.0 Å². The number of carbonyl (C=O) groups excluding carboxylic acids is 2. The number of ether oxygens (including phenoxy) is 2. The van der Waals surface area contributed by atoms with Gasteiger partial charge in [-0.1, -0.05) is 140 Å². The molecule has 0 spiro atoms. The molecule has 0 fully saturated rings. The fourth-order valence-electron chi connectivity index (χ4n) is 5.31. The van der Waals surface area contributed by atoms with Crippen molar-refractivity contribution in [1.82, 2.24) is 0 Å². The normalized spacial score (nSPS) is 13.0. The summed E-state index contributed by atoms with van der Waals surface area (Å²) in [6.07, 6.45) is 44.0. The highest BCUT2D eigenvalue weighted by Crippen LogP contribution is 2.36. The summed E-state index contributed by atoms with van der Waals surface area (Å²) in [4.78, 5) is 42.7. The lowest BCUT2D eigenvalue weighted by molar-refractivity contribution is -0.161. The van der Waals surface area contributed by atoms with Gasteiger partial charge in [0.2, 0.25) is 0 Å². The van der Waals surface area contributed by atoms with Gasteiger partial charge in [-0.15, -0.1) is 0 Å². The van der Waals surface area contributed by atoms with Crippen LogP contribution >= 0.6 is 7.82 Å². The van der Waals surface area contributed by atoms with Gasteiger partial charge in [-0.3, -0.25) is 14.1 Å². The maximum Gasteiger partial charge on any atom is 0.469 e. The van der Waals surface area contributed by atoms with Gasteiger partial charge in [0.15, 0.2) is 6.10 Å². The molecule has 0 saturated heterocycles. The van der Waals surface area contributed by atoms with E-state index in [0.29, 0.717) is 12.8 Å². The van der Waals surface area contributed by atoms with Crippen molar-refractivity contribution in [2.45, 2.75) is 187 Å². The third-order valence-electron chi connectivity index (χ3n) is 8.32. The van der Waals surface area contributed by atoms with Crippen LogP contribution in [0.1, 0.15) is 181 Å². The molecule has 2 N–H and O–H groups in total. The zero-order valence-corrected chi connectivity index (χ0v) is 32.7. The Labute approximate surface area is 305 Å². The van der Waals surface area contributed by atoms with Crippen molar-refractivity contribution in [2.75, 3.05) is 13.2 Å². The molecule has 0 rings (SSSR count). The molecule has 0 unspecified atom stereocenters. The average Bonchev–Trinajstić information content (AvgIpc) is 3.08. The predicted octanol–water partition coefficient (Wildman–Crippen LogP) is 12.0. The minimum atomic E-state index is -4.76. The second-order valence-electron chi connectivity index (χ2n) is 13.2. The Morgan fingerprint density at radius 1 is 0.520 bits per heavy atom. The van der Waals surface area contributed by atoms with Gasteiger partial charge in [0.25, 0.3) is 0 Å². The van der Waals surface area contributed by atoms with E-state index >= 15 is 0 Å². The molecule has 50 heavy (non-hydrogen) atoms. The Morgan fingerprint density at radius 2 is 0.900 bits per heavy atom. The van der Waals surface area contributed by atoms with E-state index in [4.69, 9.17) is 19.3 Å². The molecule has 0 radical (unpaired) electrons. The molecule has 0 aromatic carbocycles. The lowest BCUT2D eigenvalue weighted by Gasteiger charge is -2.18. The first kappa shape index (κ1) is 48.0. The van der Waals surface area contributed by atoms with E-state index in [1.165, 1.54) is 83.5 Å². The number of allylic oxidation sites excluding steroid dienone is 8. The van der Waals surface area contributed by atoms with Gasteiger partial charge in [-0.25, -0.2) is 4.57 Å². The number of phosphoric acid groups is 1. The topological polar surface area (TPSA) is 119 Å². The molecule has 9 heteroatoms. The summed E-state index contributed by atoms with van der Waals surface area (Å²) in [6.45, 7) is 3.61. The van der Waals surface area contributed by atoms with Crippen molar-refractivity contribution in [1.29, 1.82) is 0 Å². The first-order valence-corrected chi connectivity index (χ1v) is 21.5. The largest absolute Gasteiger partial charge is 0.469 e. The zero-order valence-electron chi connectivity index (χ0n) is 31.8. The van der Waals surface area contributed by atoms with Crippen LogP contribution in [-0.4, -0.2) is 41.0 Å². The Bertz CT molecular complexity index is 952. The van der Waals surface area contributed by atoms with Gasteiger partial charge in [0.05, 0.1) is 6.61 Å². The molecule has 0 aliphatic carbocycles. The minimum Gasteiger partial charge on any atom is -0.462 e. The summed E-state index contributed by atoms with van der Waals surface area (Å²) in [5.41, 5.74) is 0. The van der Waals surface area contributed by atoms with Crippen LogP contribution in [0.2, 0.25) is 0 Å². The minimum absolute atomic E-state index is 0.198. The molecule has 0 bridgehead atoms. The van der Waals surface area contributed by atoms with E-state index in [-0.39, 0.29) is 19.4 Å². The van der Waals surface area contributed by atoms with Crippen LogP contribution in [0, 0.1) is 0 Å². The van der Waals surface area contributed by atoms with Gasteiger partial charge < -0.3 is 19.3 Å². The third-order valence-corrected chi connectivity index (χ3v) is 8.81. The average molecular weight is 725 g/mol. The molecule has 0 aromatic heterocycles. The number of phosphoric ester groups is 1. The van der Waals surface area contributed by atoms with Crippen molar-refractivity contribution in [3.63, 3.8) is 0 Å². The molecule has 0 aliphatic heterocycles. The second-order valence-corrected chi connectivity index (χ2v) is 14.5. The highest BCUT2D eigenvalue weighted by atomic mass is 31.2. The molecule has 8 nitrogen and oxygen atoms in total. The van der Waals surface area contributed by atoms with E-state index in [1.54, 1.807) is 0 Å². The molecule has 0 amide bonds. The SMILES string of the molecule is CCCCC/C=C\C/C=C\C/C=C\CCCCC(=O)OC[C@H](COP(=O)(O)O)OC(=O)CCCCCCCCC/C=C\CCCCCCCC. The lowest BCUT2D eigenvalue weighted by Crippen LogP contribution is -2.29. The fourth-order valence-corrected chi connectivity index (χ4v) is 5.67. The second kappa shape index (κ2) is 36.8. The number of hydrogen-bond acceptors (Lipinski definition) is 6. The first-order valence-electron chi connectivity index (χ1n) is 19.9. The number of carbonyl (C=O) groups is 2. The molecule has 0 aromatic rings. The van der Waals surface area contributed by atoms with Crippen LogP contribution in [-0.2, 0) is 28.2 Å². The van der Waals surface area contributed by atoms with Gasteiger partial charge >= 0.3 is 19.8 Å². The monoisotopic (exact) mass is 725 g/mol. The molecular weight excluding hydrogens is 651 g/mol. The summed E-state index contributed by atoms with van der Waals surface area (Å²) in [5.74, 6) is -0.935. The maximum absolute atomic E-state index is 12.4. The fraction of sp³-hybridized carbons (Fsp3) is 0.756. The summed E-state index contributed by atoms with van der Waals surface area (Å²) in [7, 11) is -4.76. The zero-order chi connectivity index (χ0) is 36.8. The highest BCUT2D eigenvalue weighted by molar-refractivity contribution is 7.46. The van der Waals surface area contributed by atoms with Crippen molar-refractivity contribution in [2.24, 2.45) is 0 Å². The number of esters is 2. The standard InChI is InChI=1S/C41H73O8P/c1-3-5-7-9-11-13-15-17-19-20-22-24-26-28-30-32-34-36-41(43)49-39(38-48-50(44,45)46)37-47-40(42)35-33-31-29-27-25-23-21-18-16-14-12-10-8-6-4-2/h12,14,17-19,21,25,27,39H,3-11,13,15-16,20,22-24,26,28-38H2,1-2H3,(H2,44,45,46)/b14-12-,19-17-,21-18-,27-25-/t39-/m1/s1. The molecule has 290 valence electrons. The van der Waals surface area contributed by atoms with Crippen LogP contribution in [0.5, 0.6) is 0 Å². The maximum atomic E-state index is 12.4. The van der Waals surface area contributed by atoms with Gasteiger partial charge in [0, 0.05) is 12.8 Å². The summed E-state index contributed by atoms with van der Waals surface area (Å²) >= 11 is 0. The highest BCUT2D eigenvalue weighted by Gasteiger charge is 2.22. The van der Waals surface area contributed by atoms with Crippen LogP contribution < -0.4 is 0 Å². The van der Waals surface area contributed by atoms with E-state index < -0.39 is 32.5 Å². The first-order chi connectivity index (χ1) is 24.3. The Morgan fingerprint density at radius 3 is 1.44 bits per heavy atom. The van der Waals surface area contributed by atoms with Crippen molar-refractivity contribution in [3.05, 3.63) is 48.6 Å². The van der Waals surface area contributed by atoms with E-state index in [9.17, 15) is 14.2 Å². The number of hydrogen-bond donors (Lipinski definition) is 2. The van der Waals surface area contributed by atoms with E-state index in [1.807, 2.05) is 0 Å². The lowest BCUT2D eigenvalue weighted by atomic mass is 10.1. The van der Waals surface area contributed by atoms with Crippen LogP contribution in [0.15, 0.2) is 48.6 Å². The third kappa shape index (κ3) is 38.8. The van der Waals surface area contributed by atoms with E-state index in [0.717, 1.165) is 57.8 Å². The van der Waals surface area contributed by atoms with Gasteiger partial charge in [-0.2, -0.15) is 0 Å². The number of unbranched alkanes of at least 4 members (excludes halogenated alkanes) is 18. The summed E-state index contributed by atoms with van der Waals surface area (Å²) in [6, 6.07) is 0. The predicted molar refractivity (Wildman–Crippen MR) is 207 cm³/mol. The summed E-state index contributed by atoms with van der Waals surface area (Å²) in [5, 5.41) is 0. The van der Waals surface area contributed by atoms with Gasteiger partial charge in [-0.05, 0) is 77.0 Å². The molecule has 0 saturated carbocycles. The smallest absolute Gasteiger partial charge is 0.462 e. The van der Waals surface area contributed by atoms with Crippen molar-refractivity contribution >= 4 is 19.8 Å². The van der Waals surface area contributed by atoms with Crippen LogP contribution in [0.3, 0.4) is 0 Å². The number of rotatable bonds is 36. The Kier molecular flexibility index (Phi) is 35.3. The molecular formula is C41H73O8P. The summed E-state index contributed by atoms with van der Waals surface area (Å²) < 4.78 is 26.3. The van der Waals surface area contributed by atoms with Crippen molar-refractivity contribution < 1.29 is 37.9 Å². The molecule has 0 aliphatic rings. The molecule has 1 atom stereocenters. The van der Waals surface area contributed by atoms with Gasteiger partial charge in [0.1, 0.15) is 6.61 Å². The Balaban J connectivity index is 4.01. The quantitative estimate of drug-likeness (QED) is 0.0284. The van der Waals surface area contributed by atoms with Crippen LogP contribution in [0.25, 0.3) is 0 Å². The molecule has 0 heterocycles. The Hall–Kier alpha value is -1.99. The van der Waals surface area contributed by atoms with Crippen LogP contribution in [0.4, 0.5) is 0 Å². The van der Waals surface area contributed by atoms with Crippen molar-refractivity contribution in [3.8, 4) is 0 Å².